The van der Waals surface area contributed by atoms with Gasteiger partial charge in [0.25, 0.3) is 5.91 Å². The molecule has 2 aromatic rings. The third-order valence-corrected chi connectivity index (χ3v) is 5.23. The second-order valence-electron chi connectivity index (χ2n) is 5.45. The largest absolute Gasteiger partial charge is 0.396 e. The number of thiazole rings is 1. The zero-order valence-corrected chi connectivity index (χ0v) is 13.6. The van der Waals surface area contributed by atoms with Gasteiger partial charge in [-0.15, -0.1) is 11.3 Å². The number of aliphatic hydroxyl groups is 1. The van der Waals surface area contributed by atoms with Crippen LogP contribution in [-0.2, 0) is 0 Å². The molecule has 1 aliphatic heterocycles. The Morgan fingerprint density at radius 1 is 1.45 bits per heavy atom. The minimum atomic E-state index is -0.00560. The molecule has 116 valence electrons. The highest BCUT2D eigenvalue weighted by atomic mass is 35.5. The molecule has 1 amide bonds. The highest BCUT2D eigenvalue weighted by Crippen LogP contribution is 2.31. The van der Waals surface area contributed by atoms with E-state index in [0.717, 1.165) is 30.0 Å². The maximum Gasteiger partial charge on any atom is 0.265 e. The standard InChI is InChI=1S/C16H17ClN2O2S/c17-13-6-2-1-5-12(13)15-18-8-14(22-15)16(21)19-7-3-4-11(9-19)10-20/h1-2,5-6,8,11,20H,3-4,7,9-10H2. The summed E-state index contributed by atoms with van der Waals surface area (Å²) in [6, 6.07) is 7.49. The van der Waals surface area contributed by atoms with Gasteiger partial charge in [-0.2, -0.15) is 0 Å². The predicted octanol–water partition coefficient (Wildman–Crippen LogP) is 3.31. The van der Waals surface area contributed by atoms with Crippen LogP contribution in [0.3, 0.4) is 0 Å². The van der Waals surface area contributed by atoms with E-state index in [1.165, 1.54) is 11.3 Å². The van der Waals surface area contributed by atoms with Gasteiger partial charge in [0.1, 0.15) is 9.88 Å². The summed E-state index contributed by atoms with van der Waals surface area (Å²) >= 11 is 7.54. The van der Waals surface area contributed by atoms with E-state index in [4.69, 9.17) is 11.6 Å². The maximum atomic E-state index is 12.6. The van der Waals surface area contributed by atoms with E-state index >= 15 is 0 Å². The number of hydrogen-bond acceptors (Lipinski definition) is 4. The lowest BCUT2D eigenvalue weighted by Gasteiger charge is -2.31. The van der Waals surface area contributed by atoms with Crippen molar-refractivity contribution in [1.82, 2.24) is 9.88 Å². The number of carbonyl (C=O) groups excluding carboxylic acids is 1. The van der Waals surface area contributed by atoms with Gasteiger partial charge >= 0.3 is 0 Å². The van der Waals surface area contributed by atoms with Crippen LogP contribution < -0.4 is 0 Å². The van der Waals surface area contributed by atoms with Crippen molar-refractivity contribution < 1.29 is 9.90 Å². The molecule has 0 saturated carbocycles. The molecular weight excluding hydrogens is 320 g/mol. The molecule has 1 aromatic heterocycles. The Kier molecular flexibility index (Phi) is 4.76. The minimum absolute atomic E-state index is 0.00560. The smallest absolute Gasteiger partial charge is 0.265 e. The molecule has 1 saturated heterocycles. The summed E-state index contributed by atoms with van der Waals surface area (Å²) in [5.41, 5.74) is 0.847. The van der Waals surface area contributed by atoms with Gasteiger partial charge in [-0.1, -0.05) is 29.8 Å². The van der Waals surface area contributed by atoms with Crippen molar-refractivity contribution >= 4 is 28.8 Å². The zero-order valence-electron chi connectivity index (χ0n) is 12.0. The van der Waals surface area contributed by atoms with Crippen molar-refractivity contribution in [3.63, 3.8) is 0 Å². The fourth-order valence-corrected chi connectivity index (χ4v) is 3.89. The summed E-state index contributed by atoms with van der Waals surface area (Å²) in [5, 5.41) is 10.7. The quantitative estimate of drug-likeness (QED) is 0.935. The molecule has 0 bridgehead atoms. The van der Waals surface area contributed by atoms with Gasteiger partial charge in [-0.05, 0) is 24.8 Å². The first kappa shape index (κ1) is 15.5. The average molecular weight is 337 g/mol. The lowest BCUT2D eigenvalue weighted by molar-refractivity contribution is 0.0625. The second kappa shape index (κ2) is 6.77. The van der Waals surface area contributed by atoms with Crippen molar-refractivity contribution in [2.24, 2.45) is 5.92 Å². The van der Waals surface area contributed by atoms with Gasteiger partial charge in [0, 0.05) is 25.3 Å². The number of nitrogens with zero attached hydrogens (tertiary/aromatic N) is 2. The first-order valence-corrected chi connectivity index (χ1v) is 8.49. The number of amides is 1. The number of aromatic nitrogens is 1. The number of halogens is 1. The van der Waals surface area contributed by atoms with Crippen molar-refractivity contribution in [3.8, 4) is 10.6 Å². The molecule has 0 radical (unpaired) electrons. The van der Waals surface area contributed by atoms with E-state index in [-0.39, 0.29) is 18.4 Å². The molecule has 0 spiro atoms. The first-order valence-electron chi connectivity index (χ1n) is 7.30. The van der Waals surface area contributed by atoms with Crippen LogP contribution >= 0.6 is 22.9 Å². The summed E-state index contributed by atoms with van der Waals surface area (Å²) in [6.07, 6.45) is 3.54. The van der Waals surface area contributed by atoms with E-state index in [9.17, 15) is 9.90 Å². The third kappa shape index (κ3) is 3.16. The van der Waals surface area contributed by atoms with E-state index in [0.29, 0.717) is 16.4 Å². The molecule has 22 heavy (non-hydrogen) atoms. The summed E-state index contributed by atoms with van der Waals surface area (Å²) in [7, 11) is 0. The van der Waals surface area contributed by atoms with E-state index < -0.39 is 0 Å². The number of rotatable bonds is 3. The molecule has 1 aliphatic rings. The lowest BCUT2D eigenvalue weighted by atomic mass is 9.99. The topological polar surface area (TPSA) is 53.4 Å². The van der Waals surface area contributed by atoms with E-state index in [2.05, 4.69) is 4.98 Å². The molecule has 1 fully saturated rings. The van der Waals surface area contributed by atoms with Gasteiger partial charge in [-0.25, -0.2) is 4.98 Å². The zero-order chi connectivity index (χ0) is 15.5. The lowest BCUT2D eigenvalue weighted by Crippen LogP contribution is -2.40. The van der Waals surface area contributed by atoms with E-state index in [1.54, 1.807) is 6.20 Å². The third-order valence-electron chi connectivity index (χ3n) is 3.89. The first-order chi connectivity index (χ1) is 10.7. The number of hydrogen-bond donors (Lipinski definition) is 1. The Morgan fingerprint density at radius 3 is 3.05 bits per heavy atom. The Bertz CT molecular complexity index is 674. The fourth-order valence-electron chi connectivity index (χ4n) is 2.69. The Balaban J connectivity index is 1.79. The Labute approximate surface area is 138 Å². The van der Waals surface area contributed by atoms with Crippen LogP contribution in [0.15, 0.2) is 30.5 Å². The van der Waals surface area contributed by atoms with Crippen molar-refractivity contribution in [3.05, 3.63) is 40.4 Å². The number of carbonyl (C=O) groups is 1. The monoisotopic (exact) mass is 336 g/mol. The van der Waals surface area contributed by atoms with Gasteiger partial charge in [-0.3, -0.25) is 4.79 Å². The Hall–Kier alpha value is -1.43. The maximum absolute atomic E-state index is 12.6. The minimum Gasteiger partial charge on any atom is -0.396 e. The van der Waals surface area contributed by atoms with Gasteiger partial charge in [0.05, 0.1) is 11.2 Å². The summed E-state index contributed by atoms with van der Waals surface area (Å²) in [6.45, 7) is 1.50. The number of likely N-dealkylation sites (tertiary alicyclic amines) is 1. The van der Waals surface area contributed by atoms with Gasteiger partial charge in [0.15, 0.2) is 0 Å². The summed E-state index contributed by atoms with van der Waals surface area (Å²) < 4.78 is 0. The van der Waals surface area contributed by atoms with Crippen molar-refractivity contribution in [2.75, 3.05) is 19.7 Å². The van der Waals surface area contributed by atoms with Crippen LogP contribution in [0.5, 0.6) is 0 Å². The van der Waals surface area contributed by atoms with Gasteiger partial charge < -0.3 is 10.0 Å². The average Bonchev–Trinajstić information content (AvgIpc) is 3.04. The fraction of sp³-hybridized carbons (Fsp3) is 0.375. The molecular formula is C16H17ClN2O2S. The highest BCUT2D eigenvalue weighted by molar-refractivity contribution is 7.17. The Morgan fingerprint density at radius 2 is 2.27 bits per heavy atom. The van der Waals surface area contributed by atoms with E-state index in [1.807, 2.05) is 29.2 Å². The predicted molar refractivity (Wildman–Crippen MR) is 88.3 cm³/mol. The molecule has 1 unspecified atom stereocenters. The number of piperidine rings is 1. The molecule has 0 aliphatic carbocycles. The van der Waals surface area contributed by atoms with Crippen molar-refractivity contribution in [1.29, 1.82) is 0 Å². The van der Waals surface area contributed by atoms with Crippen molar-refractivity contribution in [2.45, 2.75) is 12.8 Å². The van der Waals surface area contributed by atoms with Gasteiger partial charge in [0.2, 0.25) is 0 Å². The number of aliphatic hydroxyl groups excluding tert-OH is 1. The van der Waals surface area contributed by atoms with Crippen LogP contribution in [0.4, 0.5) is 0 Å². The van der Waals surface area contributed by atoms with Crippen LogP contribution in [0.2, 0.25) is 5.02 Å². The van der Waals surface area contributed by atoms with Crippen LogP contribution in [0, 0.1) is 5.92 Å². The molecule has 1 aromatic carbocycles. The molecule has 3 rings (SSSR count). The molecule has 1 atom stereocenters. The normalized spacial score (nSPS) is 18.5. The van der Waals surface area contributed by atoms with Crippen LogP contribution in [0.25, 0.3) is 10.6 Å². The summed E-state index contributed by atoms with van der Waals surface area (Å²) in [4.78, 5) is 19.3. The highest BCUT2D eigenvalue weighted by Gasteiger charge is 2.25. The molecule has 4 nitrogen and oxygen atoms in total. The SMILES string of the molecule is O=C(c1cnc(-c2ccccc2Cl)s1)N1CCCC(CO)C1. The molecule has 6 heteroatoms. The summed E-state index contributed by atoms with van der Waals surface area (Å²) in [5.74, 6) is 0.183. The second-order valence-corrected chi connectivity index (χ2v) is 6.89. The number of benzene rings is 1. The molecule has 2 heterocycles. The van der Waals surface area contributed by atoms with Crippen LogP contribution in [0.1, 0.15) is 22.5 Å². The van der Waals surface area contributed by atoms with Crippen LogP contribution in [-0.4, -0.2) is 40.6 Å². The molecule has 1 N–H and O–H groups in total.